The first kappa shape index (κ1) is 27.8. The number of ether oxygens (including phenoxy) is 1. The van der Waals surface area contributed by atoms with E-state index in [4.69, 9.17) is 9.57 Å². The highest BCUT2D eigenvalue weighted by Gasteiger charge is 2.44. The standard InChI is InChI=1S/C27H31N3O7S/c1-26(38(2,34)35,25(33)29-37-23-8-4-6-16-36-23)14-15-30-19-28-22-17-20(9-10-21(22)24(30)32)7-3-5-11-27(18-31)12-13-27/h9-10,17,19,23,31H,4,6,8,12-16,18H2,1-2H3,(H,29,33)/t23?,26-/m1/s1. The predicted octanol–water partition coefficient (Wildman–Crippen LogP) is 1.29. The van der Waals surface area contributed by atoms with Crippen LogP contribution >= 0.6 is 0 Å². The number of hydrogen-bond donors (Lipinski definition) is 2. The number of fused-ring (bicyclic) bond motifs is 1. The average molecular weight is 542 g/mol. The van der Waals surface area contributed by atoms with Crippen molar-refractivity contribution in [1.29, 1.82) is 0 Å². The number of aromatic nitrogens is 2. The van der Waals surface area contributed by atoms with Crippen molar-refractivity contribution in [3.05, 3.63) is 40.4 Å². The van der Waals surface area contributed by atoms with E-state index in [0.29, 0.717) is 29.5 Å². The maximum absolute atomic E-state index is 13.1. The number of rotatable bonds is 8. The maximum Gasteiger partial charge on any atom is 0.264 e. The molecule has 2 aromatic rings. The van der Waals surface area contributed by atoms with Crippen LogP contribution in [0.2, 0.25) is 0 Å². The van der Waals surface area contributed by atoms with Gasteiger partial charge in [-0.05, 0) is 69.1 Å². The van der Waals surface area contributed by atoms with Gasteiger partial charge in [0.1, 0.15) is 0 Å². The van der Waals surface area contributed by atoms with Crippen LogP contribution in [-0.2, 0) is 30.8 Å². The molecule has 1 unspecified atom stereocenters. The van der Waals surface area contributed by atoms with E-state index in [1.807, 2.05) is 0 Å². The van der Waals surface area contributed by atoms with Gasteiger partial charge in [0, 0.05) is 31.4 Å². The number of carbonyl (C=O) groups is 1. The number of benzene rings is 1. The summed E-state index contributed by atoms with van der Waals surface area (Å²) in [6.07, 6.45) is 5.65. The molecule has 38 heavy (non-hydrogen) atoms. The highest BCUT2D eigenvalue weighted by molar-refractivity contribution is 7.92. The fourth-order valence-electron chi connectivity index (χ4n) is 3.97. The van der Waals surface area contributed by atoms with Crippen LogP contribution in [0.15, 0.2) is 29.3 Å². The molecule has 1 aliphatic carbocycles. The van der Waals surface area contributed by atoms with Gasteiger partial charge in [-0.3, -0.25) is 14.2 Å². The quantitative estimate of drug-likeness (QED) is 0.377. The van der Waals surface area contributed by atoms with Crippen LogP contribution in [0, 0.1) is 29.1 Å². The highest BCUT2D eigenvalue weighted by atomic mass is 32.2. The number of aliphatic hydroxyl groups is 1. The fraction of sp³-hybridized carbons (Fsp3) is 0.519. The Morgan fingerprint density at radius 3 is 2.79 bits per heavy atom. The molecular formula is C27H31N3O7S. The maximum atomic E-state index is 13.1. The van der Waals surface area contributed by atoms with Crippen LogP contribution in [0.1, 0.15) is 51.0 Å². The summed E-state index contributed by atoms with van der Waals surface area (Å²) in [5, 5.41) is 9.65. The molecule has 0 spiro atoms. The zero-order valence-electron chi connectivity index (χ0n) is 21.5. The smallest absolute Gasteiger partial charge is 0.264 e. The lowest BCUT2D eigenvalue weighted by atomic mass is 10.1. The van der Waals surface area contributed by atoms with Gasteiger partial charge in [-0.25, -0.2) is 23.7 Å². The Morgan fingerprint density at radius 1 is 1.34 bits per heavy atom. The molecule has 2 aliphatic rings. The third-order valence-electron chi connectivity index (χ3n) is 7.13. The van der Waals surface area contributed by atoms with Gasteiger partial charge < -0.3 is 9.84 Å². The number of aliphatic hydroxyl groups excluding tert-OH is 1. The normalized spacial score (nSPS) is 19.8. The summed E-state index contributed by atoms with van der Waals surface area (Å²) in [5.74, 6) is 10.6. The Hall–Kier alpha value is -3.22. The molecule has 10 nitrogen and oxygen atoms in total. The second kappa shape index (κ2) is 11.3. The molecule has 1 amide bonds. The summed E-state index contributed by atoms with van der Waals surface area (Å²) in [4.78, 5) is 35.6. The summed E-state index contributed by atoms with van der Waals surface area (Å²) in [6.45, 7) is 1.80. The van der Waals surface area contributed by atoms with Gasteiger partial charge in [-0.2, -0.15) is 0 Å². The van der Waals surface area contributed by atoms with Crippen LogP contribution in [0.5, 0.6) is 0 Å². The van der Waals surface area contributed by atoms with Crippen LogP contribution in [0.3, 0.4) is 0 Å². The third-order valence-corrected chi connectivity index (χ3v) is 9.15. The van der Waals surface area contributed by atoms with Gasteiger partial charge in [0.2, 0.25) is 0 Å². The molecular weight excluding hydrogens is 510 g/mol. The molecule has 2 atom stereocenters. The Kier molecular flexibility index (Phi) is 8.24. The number of aryl methyl sites for hydroxylation is 1. The summed E-state index contributed by atoms with van der Waals surface area (Å²) >= 11 is 0. The van der Waals surface area contributed by atoms with E-state index < -0.39 is 26.8 Å². The number of hydroxylamine groups is 1. The van der Waals surface area contributed by atoms with Gasteiger partial charge in [-0.1, -0.05) is 11.8 Å². The molecule has 1 aromatic heterocycles. The van der Waals surface area contributed by atoms with Crippen molar-refractivity contribution in [1.82, 2.24) is 15.0 Å². The van der Waals surface area contributed by atoms with E-state index in [1.165, 1.54) is 17.8 Å². The number of hydrogen-bond acceptors (Lipinski definition) is 8. The lowest BCUT2D eigenvalue weighted by Gasteiger charge is -2.28. The Labute approximate surface area is 221 Å². The fourth-order valence-corrected chi connectivity index (χ4v) is 4.81. The Balaban J connectivity index is 1.47. The number of amides is 1. The second-order valence-electron chi connectivity index (χ2n) is 10.0. The van der Waals surface area contributed by atoms with Crippen molar-refractivity contribution in [3.8, 4) is 23.7 Å². The molecule has 2 N–H and O–H groups in total. The van der Waals surface area contributed by atoms with E-state index in [1.54, 1.807) is 18.2 Å². The molecule has 1 aromatic carbocycles. The Morgan fingerprint density at radius 2 is 2.13 bits per heavy atom. The molecule has 1 saturated heterocycles. The third kappa shape index (κ3) is 6.25. The van der Waals surface area contributed by atoms with Crippen LogP contribution < -0.4 is 11.0 Å². The molecule has 1 aliphatic heterocycles. The first-order valence-corrected chi connectivity index (χ1v) is 14.4. The average Bonchev–Trinajstić information content (AvgIpc) is 3.69. The van der Waals surface area contributed by atoms with Gasteiger partial charge in [-0.15, -0.1) is 0 Å². The van der Waals surface area contributed by atoms with Crippen molar-refractivity contribution in [3.63, 3.8) is 0 Å². The summed E-state index contributed by atoms with van der Waals surface area (Å²) < 4.78 is 30.0. The minimum atomic E-state index is -3.87. The number of nitrogens with one attached hydrogen (secondary N) is 1. The minimum Gasteiger partial charge on any atom is -0.395 e. The topological polar surface area (TPSA) is 137 Å². The summed E-state index contributed by atoms with van der Waals surface area (Å²) in [7, 11) is -3.87. The Bertz CT molecular complexity index is 1500. The largest absolute Gasteiger partial charge is 0.395 e. The first-order chi connectivity index (χ1) is 18.1. The molecule has 2 heterocycles. The van der Waals surface area contributed by atoms with Crippen molar-refractivity contribution in [2.75, 3.05) is 19.5 Å². The van der Waals surface area contributed by atoms with Crippen molar-refractivity contribution < 1.29 is 27.9 Å². The molecule has 4 rings (SSSR count). The zero-order chi connectivity index (χ0) is 27.4. The molecule has 0 radical (unpaired) electrons. The molecule has 11 heteroatoms. The van der Waals surface area contributed by atoms with E-state index in [-0.39, 0.29) is 30.5 Å². The van der Waals surface area contributed by atoms with Crippen molar-refractivity contribution >= 4 is 26.6 Å². The lowest BCUT2D eigenvalue weighted by Crippen LogP contribution is -2.51. The van der Waals surface area contributed by atoms with Crippen LogP contribution in [0.4, 0.5) is 0 Å². The predicted molar refractivity (Wildman–Crippen MR) is 140 cm³/mol. The van der Waals surface area contributed by atoms with Gasteiger partial charge >= 0.3 is 0 Å². The van der Waals surface area contributed by atoms with Crippen molar-refractivity contribution in [2.45, 2.75) is 63.0 Å². The molecule has 202 valence electrons. The van der Waals surface area contributed by atoms with Crippen LogP contribution in [0.25, 0.3) is 10.9 Å². The highest BCUT2D eigenvalue weighted by Crippen LogP contribution is 2.44. The zero-order valence-corrected chi connectivity index (χ0v) is 22.3. The SMILES string of the molecule is C[C@@](CCn1cnc2cc(C#CC#CC3(CO)CC3)ccc2c1=O)(C(=O)NOC1CCCCO1)S(C)(=O)=O. The number of nitrogens with zero attached hydrogens (tertiary/aromatic N) is 2. The van der Waals surface area contributed by atoms with E-state index in [0.717, 1.165) is 31.9 Å². The lowest BCUT2D eigenvalue weighted by molar-refractivity contribution is -0.201. The second-order valence-corrected chi connectivity index (χ2v) is 12.5. The first-order valence-electron chi connectivity index (χ1n) is 12.5. The molecule has 1 saturated carbocycles. The van der Waals surface area contributed by atoms with Gasteiger partial charge in [0.05, 0.1) is 29.3 Å². The van der Waals surface area contributed by atoms with E-state index >= 15 is 0 Å². The number of carbonyl (C=O) groups excluding carboxylic acids is 1. The van der Waals surface area contributed by atoms with Crippen LogP contribution in [-0.4, -0.2) is 59.5 Å². The summed E-state index contributed by atoms with van der Waals surface area (Å²) in [6, 6.07) is 4.96. The molecule has 0 bridgehead atoms. The minimum absolute atomic E-state index is 0.0328. The monoisotopic (exact) mass is 541 g/mol. The number of sulfone groups is 1. The van der Waals surface area contributed by atoms with Gasteiger partial charge in [0.15, 0.2) is 20.9 Å². The summed E-state index contributed by atoms with van der Waals surface area (Å²) in [5.41, 5.74) is 2.65. The van der Waals surface area contributed by atoms with Crippen molar-refractivity contribution in [2.24, 2.45) is 5.41 Å². The van der Waals surface area contributed by atoms with E-state index in [2.05, 4.69) is 34.1 Å². The van der Waals surface area contributed by atoms with Gasteiger partial charge in [0.25, 0.3) is 11.5 Å². The molecule has 2 fully saturated rings. The van der Waals surface area contributed by atoms with E-state index in [9.17, 15) is 23.1 Å².